The lowest BCUT2D eigenvalue weighted by atomic mass is 10.2. The standard InChI is InChI=1S/C7H5F3O2/c8-7(9,10)5-2-1-3-6(4-5)12-11/h1-4,11H. The van der Waals surface area contributed by atoms with Gasteiger partial charge in [0.2, 0.25) is 0 Å². The van der Waals surface area contributed by atoms with E-state index in [9.17, 15) is 13.2 Å². The summed E-state index contributed by atoms with van der Waals surface area (Å²) in [5.74, 6) is -0.232. The van der Waals surface area contributed by atoms with Crippen molar-refractivity contribution in [3.8, 4) is 5.75 Å². The Bertz CT molecular complexity index is 270. The Balaban J connectivity index is 3.02. The molecule has 2 nitrogen and oxygen atoms in total. The molecule has 12 heavy (non-hydrogen) atoms. The van der Waals surface area contributed by atoms with Crippen molar-refractivity contribution in [1.82, 2.24) is 0 Å². The Kier molecular flexibility index (Phi) is 2.23. The van der Waals surface area contributed by atoms with Crippen LogP contribution in [-0.4, -0.2) is 5.26 Å². The van der Waals surface area contributed by atoms with E-state index in [-0.39, 0.29) is 5.75 Å². The number of hydrogen-bond donors (Lipinski definition) is 1. The second-order valence-corrected chi connectivity index (χ2v) is 2.12. The highest BCUT2D eigenvalue weighted by Gasteiger charge is 2.30. The third kappa shape index (κ3) is 1.88. The van der Waals surface area contributed by atoms with Gasteiger partial charge in [0.05, 0.1) is 5.56 Å². The molecule has 66 valence electrons. The summed E-state index contributed by atoms with van der Waals surface area (Å²) in [6, 6.07) is 3.96. The molecular formula is C7H5F3O2. The van der Waals surface area contributed by atoms with Gasteiger partial charge in [0.1, 0.15) is 0 Å². The first-order chi connectivity index (χ1) is 5.54. The minimum Gasteiger partial charge on any atom is -0.340 e. The van der Waals surface area contributed by atoms with Crippen LogP contribution in [0.5, 0.6) is 5.75 Å². The molecule has 1 rings (SSSR count). The maximum absolute atomic E-state index is 12.0. The molecule has 1 aromatic carbocycles. The van der Waals surface area contributed by atoms with Gasteiger partial charge in [0, 0.05) is 0 Å². The van der Waals surface area contributed by atoms with Crippen molar-refractivity contribution in [3.63, 3.8) is 0 Å². The van der Waals surface area contributed by atoms with Crippen LogP contribution < -0.4 is 4.89 Å². The topological polar surface area (TPSA) is 29.5 Å². The Labute approximate surface area is 66.1 Å². The van der Waals surface area contributed by atoms with Crippen molar-refractivity contribution < 1.29 is 23.3 Å². The summed E-state index contributed by atoms with van der Waals surface area (Å²) in [4.78, 5) is 3.65. The average molecular weight is 178 g/mol. The van der Waals surface area contributed by atoms with Gasteiger partial charge in [-0.25, -0.2) is 5.26 Å². The van der Waals surface area contributed by atoms with E-state index in [1.54, 1.807) is 0 Å². The quantitative estimate of drug-likeness (QED) is 0.529. The maximum Gasteiger partial charge on any atom is 0.416 e. The first-order valence-electron chi connectivity index (χ1n) is 3.03. The van der Waals surface area contributed by atoms with Gasteiger partial charge in [-0.15, -0.1) is 0 Å². The summed E-state index contributed by atoms with van der Waals surface area (Å²) in [7, 11) is 0. The lowest BCUT2D eigenvalue weighted by Crippen LogP contribution is -2.04. The third-order valence-corrected chi connectivity index (χ3v) is 1.27. The van der Waals surface area contributed by atoms with E-state index >= 15 is 0 Å². The number of hydrogen-bond acceptors (Lipinski definition) is 2. The van der Waals surface area contributed by atoms with E-state index in [0.29, 0.717) is 6.07 Å². The van der Waals surface area contributed by atoms with E-state index in [2.05, 4.69) is 4.89 Å². The summed E-state index contributed by atoms with van der Waals surface area (Å²) in [6.07, 6.45) is -4.41. The van der Waals surface area contributed by atoms with E-state index < -0.39 is 11.7 Å². The molecule has 0 aliphatic rings. The number of halogens is 3. The van der Waals surface area contributed by atoms with Crippen LogP contribution in [0.3, 0.4) is 0 Å². The average Bonchev–Trinajstić information content (AvgIpc) is 2.03. The summed E-state index contributed by atoms with van der Waals surface area (Å²) < 4.78 is 35.9. The molecule has 0 heterocycles. The van der Waals surface area contributed by atoms with Crippen LogP contribution in [0.4, 0.5) is 13.2 Å². The minimum absolute atomic E-state index is 0.232. The van der Waals surface area contributed by atoms with Gasteiger partial charge in [0.15, 0.2) is 5.75 Å². The Morgan fingerprint density at radius 3 is 2.42 bits per heavy atom. The van der Waals surface area contributed by atoms with E-state index in [1.807, 2.05) is 0 Å². The van der Waals surface area contributed by atoms with Crippen molar-refractivity contribution in [1.29, 1.82) is 0 Å². The fourth-order valence-electron chi connectivity index (χ4n) is 0.729. The van der Waals surface area contributed by atoms with Gasteiger partial charge in [0.25, 0.3) is 0 Å². The molecule has 0 amide bonds. The fraction of sp³-hybridized carbons (Fsp3) is 0.143. The molecule has 0 aliphatic carbocycles. The molecule has 0 saturated carbocycles. The normalized spacial score (nSPS) is 11.3. The van der Waals surface area contributed by atoms with Gasteiger partial charge >= 0.3 is 6.18 Å². The van der Waals surface area contributed by atoms with Crippen molar-refractivity contribution in [3.05, 3.63) is 29.8 Å². The SMILES string of the molecule is OOc1cccc(C(F)(F)F)c1. The molecule has 0 radical (unpaired) electrons. The third-order valence-electron chi connectivity index (χ3n) is 1.27. The van der Waals surface area contributed by atoms with Gasteiger partial charge in [-0.2, -0.15) is 13.2 Å². The summed E-state index contributed by atoms with van der Waals surface area (Å²) in [6.45, 7) is 0. The largest absolute Gasteiger partial charge is 0.416 e. The molecular weight excluding hydrogens is 173 g/mol. The van der Waals surface area contributed by atoms with Crippen molar-refractivity contribution in [2.45, 2.75) is 6.18 Å². The Hall–Kier alpha value is -1.23. The van der Waals surface area contributed by atoms with Crippen LogP contribution in [-0.2, 0) is 6.18 Å². The summed E-state index contributed by atoms with van der Waals surface area (Å²) in [5, 5.41) is 8.06. The van der Waals surface area contributed by atoms with Gasteiger partial charge in [-0.3, -0.25) is 0 Å². The van der Waals surface area contributed by atoms with Crippen LogP contribution in [0.1, 0.15) is 5.56 Å². The smallest absolute Gasteiger partial charge is 0.340 e. The van der Waals surface area contributed by atoms with Gasteiger partial charge < -0.3 is 4.89 Å². The van der Waals surface area contributed by atoms with Crippen LogP contribution in [0.15, 0.2) is 24.3 Å². The number of alkyl halides is 3. The molecule has 1 N–H and O–H groups in total. The molecule has 1 aromatic rings. The number of benzene rings is 1. The predicted octanol–water partition coefficient (Wildman–Crippen LogP) is 2.56. The molecule has 0 saturated heterocycles. The minimum atomic E-state index is -4.41. The van der Waals surface area contributed by atoms with Crippen LogP contribution in [0.25, 0.3) is 0 Å². The van der Waals surface area contributed by atoms with Gasteiger partial charge in [-0.05, 0) is 18.2 Å². The molecule has 0 spiro atoms. The zero-order valence-corrected chi connectivity index (χ0v) is 5.80. The van der Waals surface area contributed by atoms with Gasteiger partial charge in [-0.1, -0.05) is 6.07 Å². The van der Waals surface area contributed by atoms with Crippen LogP contribution in [0.2, 0.25) is 0 Å². The second-order valence-electron chi connectivity index (χ2n) is 2.12. The lowest BCUT2D eigenvalue weighted by molar-refractivity contribution is -0.144. The van der Waals surface area contributed by atoms with E-state index in [4.69, 9.17) is 5.26 Å². The number of rotatable bonds is 1. The summed E-state index contributed by atoms with van der Waals surface area (Å²) in [5.41, 5.74) is -0.853. The van der Waals surface area contributed by atoms with Crippen molar-refractivity contribution >= 4 is 0 Å². The predicted molar refractivity (Wildman–Crippen MR) is 34.7 cm³/mol. The van der Waals surface area contributed by atoms with Crippen molar-refractivity contribution in [2.24, 2.45) is 0 Å². The molecule has 0 aliphatic heterocycles. The van der Waals surface area contributed by atoms with E-state index in [0.717, 1.165) is 12.1 Å². The molecule has 0 unspecified atom stereocenters. The van der Waals surface area contributed by atoms with E-state index in [1.165, 1.54) is 6.07 Å². The molecule has 0 atom stereocenters. The fourth-order valence-corrected chi connectivity index (χ4v) is 0.729. The summed E-state index contributed by atoms with van der Waals surface area (Å²) >= 11 is 0. The molecule has 0 fully saturated rings. The monoisotopic (exact) mass is 178 g/mol. The molecule has 5 heteroatoms. The highest BCUT2D eigenvalue weighted by molar-refractivity contribution is 5.29. The highest BCUT2D eigenvalue weighted by Crippen LogP contribution is 2.30. The van der Waals surface area contributed by atoms with Crippen molar-refractivity contribution in [2.75, 3.05) is 0 Å². The van der Waals surface area contributed by atoms with Crippen LogP contribution >= 0.6 is 0 Å². The molecule has 0 aromatic heterocycles. The first-order valence-corrected chi connectivity index (χ1v) is 3.03. The molecule has 0 bridgehead atoms. The highest BCUT2D eigenvalue weighted by atomic mass is 19.4. The second kappa shape index (κ2) is 3.02. The maximum atomic E-state index is 12.0. The zero-order valence-electron chi connectivity index (χ0n) is 5.80. The van der Waals surface area contributed by atoms with Crippen LogP contribution in [0, 0.1) is 0 Å². The Morgan fingerprint density at radius 2 is 1.92 bits per heavy atom. The zero-order chi connectivity index (χ0) is 9.19. The Morgan fingerprint density at radius 1 is 1.25 bits per heavy atom. The lowest BCUT2D eigenvalue weighted by Gasteiger charge is -2.06. The first kappa shape index (κ1) is 8.86.